The molecule has 1 atom stereocenters. The molecule has 3 aromatic rings. The van der Waals surface area contributed by atoms with Gasteiger partial charge in [0.25, 0.3) is 0 Å². The molecule has 0 saturated carbocycles. The number of aromatic nitrogens is 3. The first-order valence-electron chi connectivity index (χ1n) is 15.7. The zero-order valence-corrected chi connectivity index (χ0v) is 28.6. The number of alkyl carbamates (subject to hydrolysis) is 1. The number of carbonyl (C=O) groups excluding carboxylic acids is 2. The van der Waals surface area contributed by atoms with Crippen molar-refractivity contribution in [3.8, 4) is 11.3 Å². The average molecular weight is 681 g/mol. The van der Waals surface area contributed by atoms with Gasteiger partial charge in [-0.3, -0.25) is 0 Å². The van der Waals surface area contributed by atoms with Gasteiger partial charge in [-0.25, -0.2) is 19.6 Å². The molecule has 47 heavy (non-hydrogen) atoms. The second-order valence-electron chi connectivity index (χ2n) is 13.2. The van der Waals surface area contributed by atoms with Crippen molar-refractivity contribution in [1.29, 1.82) is 0 Å². The van der Waals surface area contributed by atoms with E-state index in [2.05, 4.69) is 30.5 Å². The van der Waals surface area contributed by atoms with Crippen molar-refractivity contribution in [2.45, 2.75) is 70.7 Å². The summed E-state index contributed by atoms with van der Waals surface area (Å²) < 4.78 is 66.0. The SMILES string of the molecule is COC(=O)c1ccc2c(-c3nc(N[C@H]4CCCN(CCCCCNC(=O)OC(C)(C)C)C4)ncc3C(F)(F)F)c[nH]c2c1P(C)(C)=O. The molecular weight excluding hydrogens is 636 g/mol. The summed E-state index contributed by atoms with van der Waals surface area (Å²) in [7, 11) is -1.88. The van der Waals surface area contributed by atoms with Gasteiger partial charge in [-0.1, -0.05) is 12.5 Å². The number of ether oxygens (including phenoxy) is 2. The Hall–Kier alpha value is -3.64. The summed E-state index contributed by atoms with van der Waals surface area (Å²) in [5.41, 5.74) is -1.35. The van der Waals surface area contributed by atoms with E-state index in [0.717, 1.165) is 51.4 Å². The van der Waals surface area contributed by atoms with E-state index < -0.39 is 36.5 Å². The maximum Gasteiger partial charge on any atom is 0.419 e. The minimum absolute atomic E-state index is 0.0644. The predicted octanol–water partition coefficient (Wildman–Crippen LogP) is 6.25. The highest BCUT2D eigenvalue weighted by molar-refractivity contribution is 7.70. The van der Waals surface area contributed by atoms with Crippen LogP contribution < -0.4 is 15.9 Å². The number of anilines is 1. The first-order chi connectivity index (χ1) is 22.0. The Kier molecular flexibility index (Phi) is 11.3. The number of carbonyl (C=O) groups is 2. The van der Waals surface area contributed by atoms with Crippen molar-refractivity contribution in [1.82, 2.24) is 25.2 Å². The van der Waals surface area contributed by atoms with Crippen molar-refractivity contribution < 1.29 is 36.8 Å². The number of hydrogen-bond donors (Lipinski definition) is 3. The van der Waals surface area contributed by atoms with Gasteiger partial charge >= 0.3 is 18.2 Å². The monoisotopic (exact) mass is 680 g/mol. The van der Waals surface area contributed by atoms with Crippen LogP contribution in [0.1, 0.15) is 68.8 Å². The lowest BCUT2D eigenvalue weighted by molar-refractivity contribution is -0.137. The van der Waals surface area contributed by atoms with Gasteiger partial charge in [0, 0.05) is 47.8 Å². The summed E-state index contributed by atoms with van der Waals surface area (Å²) in [5, 5.41) is 6.55. The molecule has 0 bridgehead atoms. The van der Waals surface area contributed by atoms with Crippen molar-refractivity contribution in [3.05, 3.63) is 35.7 Å². The fraction of sp³-hybridized carbons (Fsp3) is 0.562. The third-order valence-electron chi connectivity index (χ3n) is 7.78. The average Bonchev–Trinajstić information content (AvgIpc) is 3.40. The van der Waals surface area contributed by atoms with E-state index in [1.54, 1.807) is 0 Å². The molecule has 11 nitrogen and oxygen atoms in total. The van der Waals surface area contributed by atoms with Crippen LogP contribution in [0.4, 0.5) is 23.9 Å². The standard InChI is InChI=1S/C32H44F3N6O5P/c1-31(2,3)46-30(43)36-14-8-7-9-15-41-16-10-11-20(19-41)39-29-38-18-24(32(33,34)35)25(40-29)23-17-37-26-21(23)12-13-22(28(42)45-4)27(26)47(5,6)44/h12-13,17-18,20,37H,7-11,14-16,19H2,1-6H3,(H,36,43)(H,38,39,40)/t20-/m0/s1. The second-order valence-corrected chi connectivity index (χ2v) is 16.3. The van der Waals surface area contributed by atoms with Crippen LogP contribution in [0.3, 0.4) is 0 Å². The molecule has 0 radical (unpaired) electrons. The third kappa shape index (κ3) is 9.47. The van der Waals surface area contributed by atoms with E-state index in [1.807, 2.05) is 20.8 Å². The third-order valence-corrected chi connectivity index (χ3v) is 9.32. The maximum absolute atomic E-state index is 14.2. The smallest absolute Gasteiger partial charge is 0.419 e. The van der Waals surface area contributed by atoms with Gasteiger partial charge in [-0.05, 0) is 78.9 Å². The number of aromatic amines is 1. The molecule has 0 spiro atoms. The number of halogens is 3. The van der Waals surface area contributed by atoms with Gasteiger partial charge in [0.15, 0.2) is 0 Å². The maximum atomic E-state index is 14.2. The number of nitrogens with one attached hydrogen (secondary N) is 3. The summed E-state index contributed by atoms with van der Waals surface area (Å²) in [4.78, 5) is 37.9. The Morgan fingerprint density at radius 1 is 1.15 bits per heavy atom. The van der Waals surface area contributed by atoms with Crippen LogP contribution in [-0.4, -0.2) is 90.2 Å². The number of rotatable bonds is 11. The molecule has 0 aliphatic carbocycles. The lowest BCUT2D eigenvalue weighted by Gasteiger charge is -2.33. The molecule has 1 aromatic carbocycles. The number of unbranched alkanes of at least 4 members (excludes halogenated alkanes) is 2. The molecule has 4 rings (SSSR count). The van der Waals surface area contributed by atoms with Crippen molar-refractivity contribution in [2.24, 2.45) is 0 Å². The van der Waals surface area contributed by atoms with E-state index >= 15 is 0 Å². The highest BCUT2D eigenvalue weighted by Gasteiger charge is 2.37. The Morgan fingerprint density at radius 3 is 2.55 bits per heavy atom. The van der Waals surface area contributed by atoms with E-state index in [0.29, 0.717) is 24.0 Å². The number of hydrogen-bond acceptors (Lipinski definition) is 9. The number of alkyl halides is 3. The number of H-pyrrole nitrogens is 1. The quantitative estimate of drug-likeness (QED) is 0.122. The minimum Gasteiger partial charge on any atom is -0.465 e. The van der Waals surface area contributed by atoms with Gasteiger partial charge in [0.05, 0.1) is 23.9 Å². The fourth-order valence-corrected chi connectivity index (χ4v) is 7.25. The lowest BCUT2D eigenvalue weighted by Crippen LogP contribution is -2.42. The van der Waals surface area contributed by atoms with Gasteiger partial charge in [0.1, 0.15) is 18.3 Å². The number of fused-ring (bicyclic) bond motifs is 1. The number of piperidine rings is 1. The normalized spacial score (nSPS) is 16.2. The van der Waals surface area contributed by atoms with Gasteiger partial charge in [-0.2, -0.15) is 13.2 Å². The molecule has 1 amide bonds. The molecule has 3 heterocycles. The molecular formula is C32H44F3N6O5P. The number of methoxy groups -OCH3 is 1. The first kappa shape index (κ1) is 36.2. The van der Waals surface area contributed by atoms with E-state index in [-0.39, 0.29) is 34.1 Å². The van der Waals surface area contributed by atoms with Crippen LogP contribution in [0.2, 0.25) is 0 Å². The van der Waals surface area contributed by atoms with Crippen molar-refractivity contribution in [2.75, 3.05) is 51.9 Å². The van der Waals surface area contributed by atoms with Crippen molar-refractivity contribution in [3.63, 3.8) is 0 Å². The summed E-state index contributed by atoms with van der Waals surface area (Å²) in [6, 6.07) is 2.86. The number of likely N-dealkylation sites (tertiary alicyclic amines) is 1. The number of esters is 1. The number of amides is 1. The summed E-state index contributed by atoms with van der Waals surface area (Å²) in [5.74, 6) is -0.617. The summed E-state index contributed by atoms with van der Waals surface area (Å²) >= 11 is 0. The molecule has 1 aliphatic rings. The Labute approximate surface area is 272 Å². The van der Waals surface area contributed by atoms with Crippen LogP contribution in [0.25, 0.3) is 22.2 Å². The van der Waals surface area contributed by atoms with Crippen molar-refractivity contribution >= 4 is 41.4 Å². The van der Waals surface area contributed by atoms with E-state index in [1.165, 1.54) is 38.8 Å². The van der Waals surface area contributed by atoms with E-state index in [9.17, 15) is 27.3 Å². The van der Waals surface area contributed by atoms with E-state index in [4.69, 9.17) is 9.47 Å². The zero-order valence-electron chi connectivity index (χ0n) is 27.7. The minimum atomic E-state index is -4.74. The molecule has 1 aliphatic heterocycles. The van der Waals surface area contributed by atoms with Gasteiger partial charge < -0.3 is 34.6 Å². The summed E-state index contributed by atoms with van der Waals surface area (Å²) in [6.07, 6.45) is 1.41. The lowest BCUT2D eigenvalue weighted by atomic mass is 10.0. The first-order valence-corrected chi connectivity index (χ1v) is 18.3. The highest BCUT2D eigenvalue weighted by Crippen LogP contribution is 2.43. The molecule has 258 valence electrons. The second kappa shape index (κ2) is 14.6. The molecule has 0 unspecified atom stereocenters. The zero-order chi connectivity index (χ0) is 34.6. The summed E-state index contributed by atoms with van der Waals surface area (Å²) in [6.45, 7) is 11.4. The molecule has 2 aromatic heterocycles. The fourth-order valence-electron chi connectivity index (χ4n) is 5.78. The Morgan fingerprint density at radius 2 is 1.89 bits per heavy atom. The largest absolute Gasteiger partial charge is 0.465 e. The molecule has 15 heteroatoms. The van der Waals surface area contributed by atoms with Crippen LogP contribution in [-0.2, 0) is 20.2 Å². The molecule has 1 saturated heterocycles. The number of benzene rings is 1. The number of nitrogens with zero attached hydrogens (tertiary/aromatic N) is 3. The van der Waals surface area contributed by atoms with Crippen LogP contribution in [0, 0.1) is 0 Å². The van der Waals surface area contributed by atoms with Gasteiger partial charge in [0.2, 0.25) is 5.95 Å². The Balaban J connectivity index is 1.48. The molecule has 1 fully saturated rings. The predicted molar refractivity (Wildman–Crippen MR) is 176 cm³/mol. The molecule has 3 N–H and O–H groups in total. The van der Waals surface area contributed by atoms with Gasteiger partial charge in [-0.15, -0.1) is 0 Å². The highest BCUT2D eigenvalue weighted by atomic mass is 31.2. The van der Waals surface area contributed by atoms with Crippen LogP contribution >= 0.6 is 7.14 Å². The topological polar surface area (TPSA) is 139 Å². The Bertz CT molecular complexity index is 1630. The van der Waals surface area contributed by atoms with Crippen LogP contribution in [0.5, 0.6) is 0 Å². The van der Waals surface area contributed by atoms with Crippen LogP contribution in [0.15, 0.2) is 24.5 Å².